The van der Waals surface area contributed by atoms with Crippen LogP contribution in [0.4, 0.5) is 15.8 Å². The number of anilines is 2. The molecule has 0 aromatic heterocycles. The number of rotatable bonds is 8. The number of halogens is 1. The van der Waals surface area contributed by atoms with Gasteiger partial charge in [0.25, 0.3) is 5.91 Å². The lowest BCUT2D eigenvalue weighted by Crippen LogP contribution is -2.32. The molecule has 3 amide bonds. The highest BCUT2D eigenvalue weighted by atomic mass is 19.1. The third-order valence-electron chi connectivity index (χ3n) is 4.31. The maximum Gasteiger partial charge on any atom is 0.329 e. The van der Waals surface area contributed by atoms with Crippen LogP contribution in [0.15, 0.2) is 77.9 Å². The molecule has 0 aliphatic carbocycles. The Balaban J connectivity index is 1.41. The van der Waals surface area contributed by atoms with E-state index in [0.29, 0.717) is 28.4 Å². The Bertz CT molecular complexity index is 1160. The van der Waals surface area contributed by atoms with Crippen LogP contribution in [-0.2, 0) is 14.4 Å². The van der Waals surface area contributed by atoms with E-state index < -0.39 is 23.5 Å². The molecule has 0 fully saturated rings. The van der Waals surface area contributed by atoms with E-state index in [1.165, 1.54) is 37.6 Å². The van der Waals surface area contributed by atoms with Crippen LogP contribution in [0.25, 0.3) is 0 Å². The number of carbonyl (C=O) groups is 3. The lowest BCUT2D eigenvalue weighted by molar-refractivity contribution is -0.136. The number of amides is 3. The average molecular weight is 464 g/mol. The maximum atomic E-state index is 12.9. The minimum absolute atomic E-state index is 0.232. The average Bonchev–Trinajstić information content (AvgIpc) is 2.85. The summed E-state index contributed by atoms with van der Waals surface area (Å²) in [6.45, 7) is -0.232. The third kappa shape index (κ3) is 7.45. The molecule has 3 aromatic rings. The van der Waals surface area contributed by atoms with Gasteiger partial charge in [-0.05, 0) is 78.4 Å². The minimum atomic E-state index is -0.931. The summed E-state index contributed by atoms with van der Waals surface area (Å²) < 4.78 is 23.3. The Labute approximate surface area is 194 Å². The molecule has 0 spiro atoms. The zero-order valence-electron chi connectivity index (χ0n) is 18.1. The van der Waals surface area contributed by atoms with Crippen LogP contribution >= 0.6 is 0 Å². The van der Waals surface area contributed by atoms with Crippen molar-refractivity contribution in [2.45, 2.75) is 0 Å². The minimum Gasteiger partial charge on any atom is -0.497 e. The van der Waals surface area contributed by atoms with Gasteiger partial charge in [0.1, 0.15) is 17.3 Å². The first-order valence-corrected chi connectivity index (χ1v) is 9.99. The lowest BCUT2D eigenvalue weighted by Gasteiger charge is -2.07. The van der Waals surface area contributed by atoms with Gasteiger partial charge in [-0.1, -0.05) is 0 Å². The van der Waals surface area contributed by atoms with Crippen molar-refractivity contribution in [2.75, 3.05) is 24.4 Å². The fourth-order valence-electron chi connectivity index (χ4n) is 2.61. The summed E-state index contributed by atoms with van der Waals surface area (Å²) in [5.74, 6) is -1.53. The zero-order chi connectivity index (χ0) is 24.3. The predicted molar refractivity (Wildman–Crippen MR) is 124 cm³/mol. The molecule has 0 saturated carbocycles. The van der Waals surface area contributed by atoms with Crippen LogP contribution in [0.1, 0.15) is 5.56 Å². The van der Waals surface area contributed by atoms with E-state index >= 15 is 0 Å². The van der Waals surface area contributed by atoms with Crippen molar-refractivity contribution in [1.82, 2.24) is 5.43 Å². The summed E-state index contributed by atoms with van der Waals surface area (Å²) in [6, 6.07) is 18.4. The molecular weight excluding hydrogens is 443 g/mol. The highest BCUT2D eigenvalue weighted by molar-refractivity contribution is 6.39. The van der Waals surface area contributed by atoms with E-state index in [9.17, 15) is 18.8 Å². The van der Waals surface area contributed by atoms with E-state index in [2.05, 4.69) is 21.2 Å². The molecule has 3 aromatic carbocycles. The molecule has 9 nitrogen and oxygen atoms in total. The number of methoxy groups -OCH3 is 1. The lowest BCUT2D eigenvalue weighted by atomic mass is 10.2. The van der Waals surface area contributed by atoms with Crippen molar-refractivity contribution < 1.29 is 28.2 Å². The number of hydrazone groups is 1. The first-order valence-electron chi connectivity index (χ1n) is 9.99. The van der Waals surface area contributed by atoms with Gasteiger partial charge in [0, 0.05) is 11.4 Å². The Hall–Kier alpha value is -4.73. The molecule has 0 atom stereocenters. The Morgan fingerprint density at radius 3 is 2.06 bits per heavy atom. The fourth-order valence-corrected chi connectivity index (χ4v) is 2.61. The Morgan fingerprint density at radius 2 is 1.41 bits per heavy atom. The van der Waals surface area contributed by atoms with Gasteiger partial charge in [0.05, 0.1) is 13.3 Å². The molecule has 0 aliphatic heterocycles. The maximum absolute atomic E-state index is 12.9. The van der Waals surface area contributed by atoms with E-state index in [1.54, 1.807) is 48.5 Å². The van der Waals surface area contributed by atoms with Crippen molar-refractivity contribution in [3.05, 3.63) is 84.2 Å². The second-order valence-electron chi connectivity index (χ2n) is 6.79. The van der Waals surface area contributed by atoms with Crippen LogP contribution in [0.2, 0.25) is 0 Å². The molecule has 0 radical (unpaired) electrons. The summed E-state index contributed by atoms with van der Waals surface area (Å²) in [6.07, 6.45) is 1.35. The monoisotopic (exact) mass is 464 g/mol. The number of nitrogens with one attached hydrogen (secondary N) is 3. The number of nitrogens with zero attached hydrogens (tertiary/aromatic N) is 1. The molecule has 0 saturated heterocycles. The summed E-state index contributed by atoms with van der Waals surface area (Å²) in [7, 11) is 1.52. The fraction of sp³-hybridized carbons (Fsp3) is 0.0833. The number of hydrogen-bond acceptors (Lipinski definition) is 6. The van der Waals surface area contributed by atoms with Crippen molar-refractivity contribution in [3.63, 3.8) is 0 Å². The highest BCUT2D eigenvalue weighted by Gasteiger charge is 2.12. The molecule has 174 valence electrons. The summed E-state index contributed by atoms with van der Waals surface area (Å²) in [4.78, 5) is 35.7. The SMILES string of the molecule is COc1ccc(NC(=O)C(=O)N/N=C\c2ccc(OCC(=O)Nc3ccc(F)cc3)cc2)cc1. The van der Waals surface area contributed by atoms with Gasteiger partial charge in [0.15, 0.2) is 6.61 Å². The second-order valence-corrected chi connectivity index (χ2v) is 6.79. The normalized spacial score (nSPS) is 10.4. The van der Waals surface area contributed by atoms with Gasteiger partial charge in [-0.15, -0.1) is 0 Å². The van der Waals surface area contributed by atoms with Crippen LogP contribution in [0, 0.1) is 5.82 Å². The van der Waals surface area contributed by atoms with Gasteiger partial charge in [-0.2, -0.15) is 5.10 Å². The van der Waals surface area contributed by atoms with E-state index in [0.717, 1.165) is 0 Å². The van der Waals surface area contributed by atoms with Crippen molar-refractivity contribution in [2.24, 2.45) is 5.10 Å². The second kappa shape index (κ2) is 11.8. The molecule has 0 aliphatic rings. The molecule has 10 heteroatoms. The van der Waals surface area contributed by atoms with E-state index in [1.807, 2.05) is 0 Å². The molecule has 34 heavy (non-hydrogen) atoms. The Kier molecular flexibility index (Phi) is 8.28. The highest BCUT2D eigenvalue weighted by Crippen LogP contribution is 2.15. The van der Waals surface area contributed by atoms with Crippen molar-refractivity contribution in [1.29, 1.82) is 0 Å². The molecule has 0 bridgehead atoms. The van der Waals surface area contributed by atoms with Crippen LogP contribution in [0.3, 0.4) is 0 Å². The smallest absolute Gasteiger partial charge is 0.329 e. The molecular formula is C24H21FN4O5. The van der Waals surface area contributed by atoms with E-state index in [4.69, 9.17) is 9.47 Å². The third-order valence-corrected chi connectivity index (χ3v) is 4.31. The van der Waals surface area contributed by atoms with Crippen molar-refractivity contribution >= 4 is 35.3 Å². The first kappa shape index (κ1) is 23.9. The number of hydrogen-bond donors (Lipinski definition) is 3. The summed E-state index contributed by atoms with van der Waals surface area (Å²) >= 11 is 0. The largest absolute Gasteiger partial charge is 0.497 e. The summed E-state index contributed by atoms with van der Waals surface area (Å²) in [5, 5.41) is 8.78. The zero-order valence-corrected chi connectivity index (χ0v) is 18.1. The molecule has 0 unspecified atom stereocenters. The predicted octanol–water partition coefficient (Wildman–Crippen LogP) is 2.94. The van der Waals surface area contributed by atoms with E-state index in [-0.39, 0.29) is 6.61 Å². The van der Waals surface area contributed by atoms with Gasteiger partial charge in [0.2, 0.25) is 0 Å². The molecule has 3 rings (SSSR count). The Morgan fingerprint density at radius 1 is 0.824 bits per heavy atom. The number of benzene rings is 3. The van der Waals surface area contributed by atoms with Crippen LogP contribution in [-0.4, -0.2) is 37.7 Å². The first-order chi connectivity index (χ1) is 16.4. The van der Waals surface area contributed by atoms with Gasteiger partial charge in [-0.25, -0.2) is 9.82 Å². The van der Waals surface area contributed by atoms with Crippen LogP contribution in [0.5, 0.6) is 11.5 Å². The number of carbonyl (C=O) groups excluding carboxylic acids is 3. The molecule has 3 N–H and O–H groups in total. The topological polar surface area (TPSA) is 118 Å². The summed E-state index contributed by atoms with van der Waals surface area (Å²) in [5.41, 5.74) is 3.66. The standard InChI is InChI=1S/C24H21FN4O5/c1-33-20-12-8-19(9-13-20)28-23(31)24(32)29-26-14-16-2-10-21(11-3-16)34-15-22(30)27-18-6-4-17(25)5-7-18/h2-14H,15H2,1H3,(H,27,30)(H,28,31)(H,29,32)/b26-14-. The van der Waals surface area contributed by atoms with Crippen molar-refractivity contribution in [3.8, 4) is 11.5 Å². The van der Waals surface area contributed by atoms with Crippen LogP contribution < -0.4 is 25.5 Å². The number of ether oxygens (including phenoxy) is 2. The quantitative estimate of drug-likeness (QED) is 0.269. The molecule has 0 heterocycles. The van der Waals surface area contributed by atoms with Gasteiger partial charge < -0.3 is 20.1 Å². The van der Waals surface area contributed by atoms with Gasteiger partial charge in [-0.3, -0.25) is 14.4 Å². The van der Waals surface area contributed by atoms with Gasteiger partial charge >= 0.3 is 11.8 Å².